The van der Waals surface area contributed by atoms with E-state index < -0.39 is 0 Å². The van der Waals surface area contributed by atoms with Gasteiger partial charge in [-0.15, -0.1) is 10.2 Å². The summed E-state index contributed by atoms with van der Waals surface area (Å²) in [6.45, 7) is 4.98. The van der Waals surface area contributed by atoms with Gasteiger partial charge in [0.15, 0.2) is 5.82 Å². The minimum absolute atomic E-state index is 0.138. The topological polar surface area (TPSA) is 75.7 Å². The summed E-state index contributed by atoms with van der Waals surface area (Å²) in [7, 11) is 0. The van der Waals surface area contributed by atoms with E-state index in [9.17, 15) is 0 Å². The molecule has 15 heavy (non-hydrogen) atoms. The molecule has 1 aromatic rings. The maximum absolute atomic E-state index is 5.49. The third kappa shape index (κ3) is 2.73. The molecule has 2 rings (SSSR count). The van der Waals surface area contributed by atoms with Crippen LogP contribution in [-0.2, 0) is 4.74 Å². The largest absolute Gasteiger partial charge is 0.378 e. The molecule has 0 spiro atoms. The van der Waals surface area contributed by atoms with Crippen molar-refractivity contribution in [3.63, 3.8) is 0 Å². The lowest BCUT2D eigenvalue weighted by atomic mass is 10.0. The summed E-state index contributed by atoms with van der Waals surface area (Å²) in [5.41, 5.74) is 0. The average molecular weight is 211 g/mol. The lowest BCUT2D eigenvalue weighted by Crippen LogP contribution is -2.39. The van der Waals surface area contributed by atoms with Crippen LogP contribution >= 0.6 is 0 Å². The van der Waals surface area contributed by atoms with Crippen LogP contribution in [0.1, 0.15) is 38.6 Å². The lowest BCUT2D eigenvalue weighted by Gasteiger charge is -2.29. The molecule has 1 saturated heterocycles. The van der Waals surface area contributed by atoms with Gasteiger partial charge in [-0.25, -0.2) is 0 Å². The Morgan fingerprint density at radius 2 is 2.47 bits per heavy atom. The first-order valence-electron chi connectivity index (χ1n) is 5.36. The smallest absolute Gasteiger partial charge is 0.191 e. The second-order valence-corrected chi connectivity index (χ2v) is 4.06. The van der Waals surface area contributed by atoms with E-state index in [0.29, 0.717) is 18.0 Å². The number of nitrogens with zero attached hydrogens (tertiary/aromatic N) is 3. The van der Waals surface area contributed by atoms with Crippen molar-refractivity contribution in [3.8, 4) is 0 Å². The van der Waals surface area contributed by atoms with Crippen molar-refractivity contribution in [2.24, 2.45) is 0 Å². The van der Waals surface area contributed by atoms with E-state index >= 15 is 0 Å². The van der Waals surface area contributed by atoms with Crippen molar-refractivity contribution in [3.05, 3.63) is 5.82 Å². The Labute approximate surface area is 88.8 Å². The molecule has 3 unspecified atom stereocenters. The van der Waals surface area contributed by atoms with Crippen LogP contribution in [0.3, 0.4) is 0 Å². The monoisotopic (exact) mass is 211 g/mol. The molecule has 6 heteroatoms. The minimum Gasteiger partial charge on any atom is -0.378 e. The van der Waals surface area contributed by atoms with Crippen molar-refractivity contribution < 1.29 is 4.74 Å². The molecular formula is C9H17N5O. The van der Waals surface area contributed by atoms with E-state index in [1.807, 2.05) is 6.92 Å². The van der Waals surface area contributed by atoms with Crippen molar-refractivity contribution in [2.75, 3.05) is 6.61 Å². The highest BCUT2D eigenvalue weighted by Crippen LogP contribution is 2.16. The van der Waals surface area contributed by atoms with Crippen molar-refractivity contribution in [2.45, 2.75) is 44.9 Å². The molecule has 84 valence electrons. The second-order valence-electron chi connectivity index (χ2n) is 4.06. The first-order valence-corrected chi connectivity index (χ1v) is 5.36. The third-order valence-corrected chi connectivity index (χ3v) is 2.72. The molecule has 0 aromatic carbocycles. The normalized spacial score (nSPS) is 28.9. The zero-order valence-electron chi connectivity index (χ0n) is 9.10. The summed E-state index contributed by atoms with van der Waals surface area (Å²) in [6.07, 6.45) is 2.43. The fourth-order valence-electron chi connectivity index (χ4n) is 1.93. The number of ether oxygens (including phenoxy) is 1. The Balaban J connectivity index is 1.86. The van der Waals surface area contributed by atoms with Gasteiger partial charge in [0, 0.05) is 12.6 Å². The van der Waals surface area contributed by atoms with E-state index in [0.717, 1.165) is 19.4 Å². The Morgan fingerprint density at radius 3 is 3.13 bits per heavy atom. The molecule has 0 saturated carbocycles. The van der Waals surface area contributed by atoms with Crippen LogP contribution in [0.5, 0.6) is 0 Å². The number of tetrazole rings is 1. The van der Waals surface area contributed by atoms with Crippen LogP contribution in [0.15, 0.2) is 0 Å². The zero-order chi connectivity index (χ0) is 10.7. The fourth-order valence-corrected chi connectivity index (χ4v) is 1.93. The van der Waals surface area contributed by atoms with Crippen LogP contribution in [0, 0.1) is 0 Å². The predicted molar refractivity (Wildman–Crippen MR) is 54.2 cm³/mol. The summed E-state index contributed by atoms with van der Waals surface area (Å²) in [4.78, 5) is 0. The fraction of sp³-hybridized carbons (Fsp3) is 0.889. The number of hydrogen-bond donors (Lipinski definition) is 2. The number of nitrogens with one attached hydrogen (secondary N) is 2. The quantitative estimate of drug-likeness (QED) is 0.757. The maximum atomic E-state index is 5.49. The van der Waals surface area contributed by atoms with E-state index in [4.69, 9.17) is 4.74 Å². The summed E-state index contributed by atoms with van der Waals surface area (Å²) in [5.74, 6) is 0.717. The van der Waals surface area contributed by atoms with Gasteiger partial charge in [-0.1, -0.05) is 5.21 Å². The average Bonchev–Trinajstić information content (AvgIpc) is 2.70. The van der Waals surface area contributed by atoms with E-state index in [2.05, 4.69) is 32.9 Å². The number of aromatic nitrogens is 4. The standard InChI is InChI=1S/C9H17N5O/c1-6-5-8(3-4-15-6)10-7(2)9-11-13-14-12-9/h6-8,10H,3-5H2,1-2H3,(H,11,12,13,14). The molecule has 1 aliphatic rings. The Bertz CT molecular complexity index is 289. The second kappa shape index (κ2) is 4.67. The highest BCUT2D eigenvalue weighted by Gasteiger charge is 2.22. The summed E-state index contributed by atoms with van der Waals surface area (Å²) in [6, 6.07) is 0.626. The number of aromatic amines is 1. The molecule has 1 aromatic heterocycles. The summed E-state index contributed by atoms with van der Waals surface area (Å²) < 4.78 is 5.49. The van der Waals surface area contributed by atoms with Crippen molar-refractivity contribution in [1.29, 1.82) is 0 Å². The molecule has 1 aliphatic heterocycles. The lowest BCUT2D eigenvalue weighted by molar-refractivity contribution is 0.0114. The van der Waals surface area contributed by atoms with Crippen LogP contribution in [0.2, 0.25) is 0 Å². The SMILES string of the molecule is CC1CC(NC(C)c2nn[nH]n2)CCO1. The van der Waals surface area contributed by atoms with Crippen LogP contribution in [0.4, 0.5) is 0 Å². The third-order valence-electron chi connectivity index (χ3n) is 2.72. The number of rotatable bonds is 3. The number of hydrogen-bond acceptors (Lipinski definition) is 5. The van der Waals surface area contributed by atoms with Crippen LogP contribution in [0.25, 0.3) is 0 Å². The zero-order valence-corrected chi connectivity index (χ0v) is 9.10. The molecule has 2 heterocycles. The van der Waals surface area contributed by atoms with E-state index in [1.54, 1.807) is 0 Å². The molecule has 6 nitrogen and oxygen atoms in total. The highest BCUT2D eigenvalue weighted by atomic mass is 16.5. The van der Waals surface area contributed by atoms with Crippen LogP contribution < -0.4 is 5.32 Å². The van der Waals surface area contributed by atoms with E-state index in [1.165, 1.54) is 0 Å². The first kappa shape index (κ1) is 10.5. The van der Waals surface area contributed by atoms with Gasteiger partial charge in [0.05, 0.1) is 12.1 Å². The van der Waals surface area contributed by atoms with Gasteiger partial charge in [-0.2, -0.15) is 5.21 Å². The van der Waals surface area contributed by atoms with Gasteiger partial charge in [0.1, 0.15) is 0 Å². The van der Waals surface area contributed by atoms with Gasteiger partial charge >= 0.3 is 0 Å². The van der Waals surface area contributed by atoms with Gasteiger partial charge in [0.25, 0.3) is 0 Å². The molecule has 0 radical (unpaired) electrons. The van der Waals surface area contributed by atoms with Crippen molar-refractivity contribution >= 4 is 0 Å². The molecule has 1 fully saturated rings. The van der Waals surface area contributed by atoms with Gasteiger partial charge in [-0.05, 0) is 26.7 Å². The van der Waals surface area contributed by atoms with Gasteiger partial charge in [0.2, 0.25) is 0 Å². The van der Waals surface area contributed by atoms with Crippen molar-refractivity contribution in [1.82, 2.24) is 25.9 Å². The van der Waals surface area contributed by atoms with Crippen LogP contribution in [-0.4, -0.2) is 39.4 Å². The molecule has 0 aliphatic carbocycles. The molecule has 0 amide bonds. The highest BCUT2D eigenvalue weighted by molar-refractivity contribution is 4.88. The summed E-state index contributed by atoms with van der Waals surface area (Å²) in [5, 5.41) is 17.4. The minimum atomic E-state index is 0.138. The molecule has 0 bridgehead atoms. The Kier molecular flexibility index (Phi) is 3.27. The predicted octanol–water partition coefficient (Wildman–Crippen LogP) is 0.418. The molecular weight excluding hydrogens is 194 g/mol. The van der Waals surface area contributed by atoms with Gasteiger partial charge in [-0.3, -0.25) is 0 Å². The molecule has 3 atom stereocenters. The van der Waals surface area contributed by atoms with Gasteiger partial charge < -0.3 is 10.1 Å². The van der Waals surface area contributed by atoms with E-state index in [-0.39, 0.29) is 6.04 Å². The Morgan fingerprint density at radius 1 is 1.60 bits per heavy atom. The Hall–Kier alpha value is -1.01. The maximum Gasteiger partial charge on any atom is 0.191 e. The first-order chi connectivity index (χ1) is 7.25. The summed E-state index contributed by atoms with van der Waals surface area (Å²) >= 11 is 0. The molecule has 2 N–H and O–H groups in total. The number of H-pyrrole nitrogens is 1.